The molecule has 2 aliphatic rings. The molecule has 0 radical (unpaired) electrons. The van der Waals surface area contributed by atoms with Crippen molar-refractivity contribution in [2.45, 2.75) is 17.5 Å². The Hall–Kier alpha value is -3.77. The van der Waals surface area contributed by atoms with Gasteiger partial charge in [0, 0.05) is 27.8 Å². The number of nitrogens with one attached hydrogen (secondary N) is 1. The Bertz CT molecular complexity index is 1440. The molecule has 178 valence electrons. The van der Waals surface area contributed by atoms with Gasteiger partial charge in [0.2, 0.25) is 0 Å². The quantitative estimate of drug-likeness (QED) is 0.331. The number of rotatable bonds is 4. The smallest absolute Gasteiger partial charge is 0.252 e. The number of anilines is 1. The SMILES string of the molecule is O=C(c1ccccc1)[C@@H]1[C@@H](c2ccccc2)[C@H](c2ccc(Cl)cc2)N(O)[C@@]12C(=O)Nc1ccccc12. The van der Waals surface area contributed by atoms with Crippen LogP contribution in [-0.4, -0.2) is 22.0 Å². The van der Waals surface area contributed by atoms with E-state index in [4.69, 9.17) is 11.6 Å². The normalized spacial score (nSPS) is 25.1. The molecule has 1 spiro atoms. The number of nitrogens with zero attached hydrogens (tertiary/aromatic N) is 1. The number of hydroxylamine groups is 2. The average molecular weight is 495 g/mol. The molecule has 0 aromatic heterocycles. The van der Waals surface area contributed by atoms with E-state index in [1.54, 1.807) is 30.3 Å². The second-order valence-corrected chi connectivity index (χ2v) is 9.69. The first-order valence-electron chi connectivity index (χ1n) is 11.8. The van der Waals surface area contributed by atoms with Crippen molar-refractivity contribution in [3.63, 3.8) is 0 Å². The number of carbonyl (C=O) groups is 2. The number of para-hydroxylation sites is 1. The van der Waals surface area contributed by atoms with Crippen LogP contribution in [0.2, 0.25) is 5.02 Å². The second-order valence-electron chi connectivity index (χ2n) is 9.25. The van der Waals surface area contributed by atoms with Gasteiger partial charge in [-0.2, -0.15) is 5.06 Å². The zero-order valence-corrected chi connectivity index (χ0v) is 20.0. The Morgan fingerprint density at radius 2 is 1.42 bits per heavy atom. The summed E-state index contributed by atoms with van der Waals surface area (Å²) < 4.78 is 0. The minimum absolute atomic E-state index is 0.202. The fraction of sp³-hybridized carbons (Fsp3) is 0.133. The van der Waals surface area contributed by atoms with E-state index in [0.29, 0.717) is 21.8 Å². The summed E-state index contributed by atoms with van der Waals surface area (Å²) >= 11 is 6.18. The number of fused-ring (bicyclic) bond motifs is 2. The van der Waals surface area contributed by atoms with Crippen LogP contribution in [0.15, 0.2) is 109 Å². The van der Waals surface area contributed by atoms with Crippen LogP contribution in [0.3, 0.4) is 0 Å². The van der Waals surface area contributed by atoms with Gasteiger partial charge in [0.05, 0.1) is 12.0 Å². The highest BCUT2D eigenvalue weighted by atomic mass is 35.5. The molecule has 6 heteroatoms. The molecule has 4 atom stereocenters. The van der Waals surface area contributed by atoms with Crippen molar-refractivity contribution in [3.8, 4) is 0 Å². The lowest BCUT2D eigenvalue weighted by molar-refractivity contribution is -0.188. The van der Waals surface area contributed by atoms with E-state index < -0.39 is 29.3 Å². The number of hydrogen-bond donors (Lipinski definition) is 2. The number of amides is 1. The predicted octanol–water partition coefficient (Wildman–Crippen LogP) is 6.22. The lowest BCUT2D eigenvalue weighted by Gasteiger charge is -2.34. The zero-order chi connectivity index (χ0) is 24.9. The Balaban J connectivity index is 1.66. The van der Waals surface area contributed by atoms with Crippen molar-refractivity contribution in [2.24, 2.45) is 5.92 Å². The molecule has 6 rings (SSSR count). The Labute approximate surface area is 213 Å². The molecule has 1 saturated heterocycles. The third kappa shape index (κ3) is 3.24. The summed E-state index contributed by atoms with van der Waals surface area (Å²) in [7, 11) is 0. The number of benzene rings is 4. The molecule has 0 saturated carbocycles. The van der Waals surface area contributed by atoms with E-state index in [1.165, 1.54) is 0 Å². The number of carbonyl (C=O) groups excluding carboxylic acids is 2. The Kier molecular flexibility index (Phi) is 5.49. The third-order valence-corrected chi connectivity index (χ3v) is 7.70. The number of Topliss-reactive ketones (excluding diaryl/α,β-unsaturated/α-hetero) is 1. The highest BCUT2D eigenvalue weighted by Gasteiger charge is 2.69. The first kappa shape index (κ1) is 22.7. The van der Waals surface area contributed by atoms with Crippen LogP contribution in [0.1, 0.15) is 39.0 Å². The van der Waals surface area contributed by atoms with Gasteiger partial charge in [-0.15, -0.1) is 0 Å². The second kappa shape index (κ2) is 8.71. The first-order valence-corrected chi connectivity index (χ1v) is 12.2. The highest BCUT2D eigenvalue weighted by Crippen LogP contribution is 2.62. The van der Waals surface area contributed by atoms with E-state index in [2.05, 4.69) is 5.32 Å². The monoisotopic (exact) mass is 494 g/mol. The highest BCUT2D eigenvalue weighted by molar-refractivity contribution is 6.30. The maximum Gasteiger partial charge on any atom is 0.252 e. The number of hydrogen-bond acceptors (Lipinski definition) is 4. The van der Waals surface area contributed by atoms with E-state index in [1.807, 2.05) is 78.9 Å². The van der Waals surface area contributed by atoms with Crippen LogP contribution >= 0.6 is 11.6 Å². The maximum absolute atomic E-state index is 14.4. The van der Waals surface area contributed by atoms with Crippen LogP contribution < -0.4 is 5.32 Å². The van der Waals surface area contributed by atoms with Gasteiger partial charge >= 0.3 is 0 Å². The standard InChI is InChI=1S/C30H23ClN2O3/c31-22-17-15-20(16-18-22)27-25(19-9-3-1-4-10-19)26(28(34)21-11-5-2-6-12-21)30(33(27)36)23-13-7-8-14-24(23)32-29(30)35/h1-18,25-27,36H,(H,32,35)/t25-,26+,27+,30-/m1/s1. The third-order valence-electron chi connectivity index (χ3n) is 7.44. The molecule has 1 fully saturated rings. The Morgan fingerprint density at radius 1 is 0.806 bits per heavy atom. The Morgan fingerprint density at radius 3 is 2.11 bits per heavy atom. The van der Waals surface area contributed by atoms with E-state index in [0.717, 1.165) is 16.2 Å². The van der Waals surface area contributed by atoms with Crippen LogP contribution in [0.4, 0.5) is 5.69 Å². The number of ketones is 1. The minimum Gasteiger partial charge on any atom is -0.324 e. The summed E-state index contributed by atoms with van der Waals surface area (Å²) in [4.78, 5) is 28.3. The molecule has 2 aliphatic heterocycles. The van der Waals surface area contributed by atoms with Crippen LogP contribution in [-0.2, 0) is 10.3 Å². The van der Waals surface area contributed by atoms with Gasteiger partial charge in [0.25, 0.3) is 5.91 Å². The summed E-state index contributed by atoms with van der Waals surface area (Å²) in [6.45, 7) is 0. The largest absolute Gasteiger partial charge is 0.324 e. The first-order chi connectivity index (χ1) is 17.5. The van der Waals surface area contributed by atoms with Crippen LogP contribution in [0.5, 0.6) is 0 Å². The zero-order valence-electron chi connectivity index (χ0n) is 19.2. The molecule has 4 aromatic carbocycles. The molecule has 4 aromatic rings. The molecule has 36 heavy (non-hydrogen) atoms. The van der Waals surface area contributed by atoms with Gasteiger partial charge in [-0.05, 0) is 29.3 Å². The molecule has 0 unspecified atom stereocenters. The van der Waals surface area contributed by atoms with Crippen LogP contribution in [0, 0.1) is 5.92 Å². The van der Waals surface area contributed by atoms with Gasteiger partial charge < -0.3 is 10.5 Å². The average Bonchev–Trinajstić information content (AvgIpc) is 3.37. The van der Waals surface area contributed by atoms with Gasteiger partial charge in [0.1, 0.15) is 0 Å². The van der Waals surface area contributed by atoms with E-state index in [9.17, 15) is 14.8 Å². The maximum atomic E-state index is 14.4. The summed E-state index contributed by atoms with van der Waals surface area (Å²) in [5, 5.41) is 16.7. The van der Waals surface area contributed by atoms with Gasteiger partial charge in [0.15, 0.2) is 11.3 Å². The fourth-order valence-corrected chi connectivity index (χ4v) is 6.08. The van der Waals surface area contributed by atoms with Crippen molar-refractivity contribution in [1.82, 2.24) is 5.06 Å². The van der Waals surface area contributed by atoms with Crippen molar-refractivity contribution in [1.29, 1.82) is 0 Å². The topological polar surface area (TPSA) is 69.6 Å². The molecule has 1 amide bonds. The lowest BCUT2D eigenvalue weighted by Crippen LogP contribution is -2.51. The van der Waals surface area contributed by atoms with Crippen molar-refractivity contribution < 1.29 is 14.8 Å². The molecule has 0 aliphatic carbocycles. The minimum atomic E-state index is -1.62. The summed E-state index contributed by atoms with van der Waals surface area (Å²) in [5.41, 5.74) is 1.68. The van der Waals surface area contributed by atoms with Gasteiger partial charge in [-0.1, -0.05) is 103 Å². The fourth-order valence-electron chi connectivity index (χ4n) is 5.95. The van der Waals surface area contributed by atoms with E-state index in [-0.39, 0.29) is 5.78 Å². The molecule has 2 heterocycles. The van der Waals surface area contributed by atoms with Crippen LogP contribution in [0.25, 0.3) is 0 Å². The van der Waals surface area contributed by atoms with Crippen molar-refractivity contribution >= 4 is 29.0 Å². The van der Waals surface area contributed by atoms with Gasteiger partial charge in [-0.25, -0.2) is 0 Å². The molecular weight excluding hydrogens is 472 g/mol. The summed E-state index contributed by atoms with van der Waals surface area (Å²) in [6, 6.07) is 32.4. The summed E-state index contributed by atoms with van der Waals surface area (Å²) in [5.74, 6) is -2.05. The molecular formula is C30H23ClN2O3. The van der Waals surface area contributed by atoms with Crippen molar-refractivity contribution in [2.75, 3.05) is 5.32 Å². The van der Waals surface area contributed by atoms with Gasteiger partial charge in [-0.3, -0.25) is 9.59 Å². The molecule has 0 bridgehead atoms. The molecule has 5 nitrogen and oxygen atoms in total. The number of halogens is 1. The van der Waals surface area contributed by atoms with Crippen molar-refractivity contribution in [3.05, 3.63) is 136 Å². The summed E-state index contributed by atoms with van der Waals surface area (Å²) in [6.07, 6.45) is 0. The molecule has 2 N–H and O–H groups in total. The predicted molar refractivity (Wildman–Crippen MR) is 138 cm³/mol. The lowest BCUT2D eigenvalue weighted by atomic mass is 9.69. The van der Waals surface area contributed by atoms with E-state index >= 15 is 0 Å².